The van der Waals surface area contributed by atoms with E-state index in [2.05, 4.69) is 4.40 Å². The Bertz CT molecular complexity index is 520. The molecule has 0 N–H and O–H groups in total. The summed E-state index contributed by atoms with van der Waals surface area (Å²) in [5, 5.41) is 0. The van der Waals surface area contributed by atoms with Crippen molar-refractivity contribution < 1.29 is 22.1 Å². The maximum Gasteiger partial charge on any atom is 0.419 e. The molecule has 0 saturated heterocycles. The highest BCUT2D eigenvalue weighted by Crippen LogP contribution is 2.32. The van der Waals surface area contributed by atoms with Gasteiger partial charge in [-0.1, -0.05) is 16.5 Å². The molecule has 2 nitrogen and oxygen atoms in total. The first-order valence-corrected chi connectivity index (χ1v) is 6.88. The van der Waals surface area contributed by atoms with Crippen molar-refractivity contribution in [3.63, 3.8) is 0 Å². The van der Waals surface area contributed by atoms with Gasteiger partial charge in [-0.2, -0.15) is 13.2 Å². The number of rotatable bonds is 2. The van der Waals surface area contributed by atoms with Gasteiger partial charge in [0.2, 0.25) is 0 Å². The number of alkyl halides is 3. The van der Waals surface area contributed by atoms with Gasteiger partial charge in [0.05, 0.1) is 11.3 Å². The van der Waals surface area contributed by atoms with Crippen LogP contribution < -0.4 is 0 Å². The van der Waals surface area contributed by atoms with Crippen LogP contribution in [0.1, 0.15) is 38.8 Å². The van der Waals surface area contributed by atoms with Crippen LogP contribution in [0.3, 0.4) is 0 Å². The van der Waals surface area contributed by atoms with Gasteiger partial charge in [0, 0.05) is 5.56 Å². The molecule has 1 rings (SSSR count). The zero-order chi connectivity index (χ0) is 15.7. The van der Waals surface area contributed by atoms with Crippen molar-refractivity contribution in [2.45, 2.75) is 38.6 Å². The fourth-order valence-corrected chi connectivity index (χ4v) is 1.96. The van der Waals surface area contributed by atoms with E-state index in [0.29, 0.717) is 6.07 Å². The summed E-state index contributed by atoms with van der Waals surface area (Å²) in [6, 6.07) is 2.94. The molecule has 20 heavy (non-hydrogen) atoms. The lowest BCUT2D eigenvalue weighted by Crippen LogP contribution is -2.27. The van der Waals surface area contributed by atoms with Crippen molar-refractivity contribution in [2.75, 3.05) is 0 Å². The van der Waals surface area contributed by atoms with Crippen molar-refractivity contribution in [1.29, 1.82) is 0 Å². The maximum atomic E-state index is 13.9. The number of nitrogens with zero attached hydrogens (tertiary/aromatic N) is 1. The van der Waals surface area contributed by atoms with E-state index in [1.807, 2.05) is 0 Å². The highest BCUT2D eigenvalue weighted by molar-refractivity contribution is 7.91. The van der Waals surface area contributed by atoms with E-state index in [1.165, 1.54) is 13.0 Å². The minimum absolute atomic E-state index is 0.0261. The van der Waals surface area contributed by atoms with E-state index < -0.39 is 33.7 Å². The maximum absolute atomic E-state index is 13.9. The Morgan fingerprint density at radius 1 is 1.20 bits per heavy atom. The Kier molecular flexibility index (Phi) is 4.86. The first-order chi connectivity index (χ1) is 8.94. The van der Waals surface area contributed by atoms with Gasteiger partial charge < -0.3 is 4.55 Å². The number of hydrogen-bond acceptors (Lipinski definition) is 2. The van der Waals surface area contributed by atoms with Crippen molar-refractivity contribution in [3.05, 3.63) is 35.1 Å². The summed E-state index contributed by atoms with van der Waals surface area (Å²) in [5.74, 6) is -1.40. The molecule has 0 heterocycles. The average Bonchev–Trinajstić information content (AvgIpc) is 2.26. The zero-order valence-corrected chi connectivity index (χ0v) is 12.3. The molecule has 0 unspecified atom stereocenters. The molecule has 1 aromatic carbocycles. The number of hydrogen-bond donors (Lipinski definition) is 0. The predicted molar refractivity (Wildman–Crippen MR) is 71.5 cm³/mol. The molecule has 0 fully saturated rings. The molecular formula is C13H15F4NOS. The Labute approximate surface area is 118 Å². The largest absolute Gasteiger partial charge is 0.591 e. The van der Waals surface area contributed by atoms with Gasteiger partial charge in [-0.15, -0.1) is 0 Å². The normalized spacial score (nSPS) is 15.3. The fourth-order valence-electron chi connectivity index (χ4n) is 1.34. The van der Waals surface area contributed by atoms with Crippen molar-refractivity contribution >= 4 is 17.1 Å². The monoisotopic (exact) mass is 309 g/mol. The first kappa shape index (κ1) is 17.0. The third-order valence-corrected chi connectivity index (χ3v) is 3.93. The van der Waals surface area contributed by atoms with E-state index >= 15 is 0 Å². The molecule has 0 amide bonds. The van der Waals surface area contributed by atoms with E-state index in [-0.39, 0.29) is 11.3 Å². The fraction of sp³-hybridized carbons (Fsp3) is 0.462. The molecule has 0 bridgehead atoms. The Morgan fingerprint density at radius 2 is 1.75 bits per heavy atom. The molecule has 1 aromatic rings. The van der Waals surface area contributed by atoms with Gasteiger partial charge in [-0.25, -0.2) is 4.39 Å². The van der Waals surface area contributed by atoms with Gasteiger partial charge in [-0.3, -0.25) is 0 Å². The van der Waals surface area contributed by atoms with Crippen LogP contribution in [0.4, 0.5) is 17.6 Å². The smallest absolute Gasteiger partial charge is 0.419 e. The standard InChI is InChI=1S/C13H15F4NOS/c1-8(18-20(19)12(2,3)4)9-6-5-7-10(11(9)14)13(15,16)17/h5-7H,1-4H3/b18-8-/t20-/m0/s1. The molecule has 0 aliphatic rings. The highest BCUT2D eigenvalue weighted by Gasteiger charge is 2.35. The van der Waals surface area contributed by atoms with Gasteiger partial charge in [0.25, 0.3) is 0 Å². The van der Waals surface area contributed by atoms with E-state index in [4.69, 9.17) is 0 Å². The zero-order valence-electron chi connectivity index (χ0n) is 11.5. The third kappa shape index (κ3) is 3.96. The van der Waals surface area contributed by atoms with Crippen molar-refractivity contribution in [3.8, 4) is 0 Å². The Balaban J connectivity index is 3.25. The second-order valence-corrected chi connectivity index (χ2v) is 7.11. The van der Waals surface area contributed by atoms with Crippen LogP contribution in [0.2, 0.25) is 0 Å². The van der Waals surface area contributed by atoms with Gasteiger partial charge >= 0.3 is 6.18 Å². The molecule has 112 valence electrons. The molecule has 0 aliphatic carbocycles. The molecule has 0 spiro atoms. The summed E-state index contributed by atoms with van der Waals surface area (Å²) in [7, 11) is 0. The third-order valence-electron chi connectivity index (χ3n) is 2.44. The van der Waals surface area contributed by atoms with E-state index in [1.54, 1.807) is 20.8 Å². The van der Waals surface area contributed by atoms with Crippen molar-refractivity contribution in [2.24, 2.45) is 4.40 Å². The molecular weight excluding hydrogens is 294 g/mol. The molecule has 0 aromatic heterocycles. The summed E-state index contributed by atoms with van der Waals surface area (Å²) in [6.45, 7) is 6.34. The van der Waals surface area contributed by atoms with Crippen LogP contribution in [0.5, 0.6) is 0 Å². The van der Waals surface area contributed by atoms with Gasteiger partial charge in [0.15, 0.2) is 0 Å². The minimum Gasteiger partial charge on any atom is -0.591 e. The lowest BCUT2D eigenvalue weighted by atomic mass is 10.1. The first-order valence-electron chi connectivity index (χ1n) is 5.78. The van der Waals surface area contributed by atoms with E-state index in [0.717, 1.165) is 6.07 Å². The molecule has 0 saturated carbocycles. The summed E-state index contributed by atoms with van der Waals surface area (Å²) in [4.78, 5) is 0. The molecule has 0 aliphatic heterocycles. The SMILES string of the molecule is C/C(=N/[S@@+]([O-])C(C)(C)C)c1cccc(C(F)(F)F)c1F. The van der Waals surface area contributed by atoms with Crippen LogP contribution in [0, 0.1) is 5.82 Å². The minimum atomic E-state index is -4.77. The Morgan fingerprint density at radius 3 is 2.20 bits per heavy atom. The van der Waals surface area contributed by atoms with Crippen LogP contribution in [-0.2, 0) is 17.5 Å². The molecule has 0 radical (unpaired) electrons. The predicted octanol–water partition coefficient (Wildman–Crippen LogP) is 4.12. The second-order valence-electron chi connectivity index (χ2n) is 5.20. The number of halogens is 4. The summed E-state index contributed by atoms with van der Waals surface area (Å²) in [5.41, 5.74) is -1.68. The van der Waals surface area contributed by atoms with Gasteiger partial charge in [0.1, 0.15) is 21.9 Å². The van der Waals surface area contributed by atoms with Gasteiger partial charge in [-0.05, 0) is 33.8 Å². The van der Waals surface area contributed by atoms with Crippen LogP contribution in [0.25, 0.3) is 0 Å². The van der Waals surface area contributed by atoms with Crippen LogP contribution >= 0.6 is 0 Å². The van der Waals surface area contributed by atoms with Crippen LogP contribution in [0.15, 0.2) is 22.6 Å². The van der Waals surface area contributed by atoms with Crippen molar-refractivity contribution in [1.82, 2.24) is 0 Å². The topological polar surface area (TPSA) is 35.4 Å². The Hall–Kier alpha value is -1.08. The lowest BCUT2D eigenvalue weighted by Gasteiger charge is -2.19. The highest BCUT2D eigenvalue weighted by atomic mass is 32.2. The summed E-state index contributed by atoms with van der Waals surface area (Å²) >= 11 is -1.66. The average molecular weight is 309 g/mol. The summed E-state index contributed by atoms with van der Waals surface area (Å²) in [6.07, 6.45) is -4.77. The van der Waals surface area contributed by atoms with Crippen LogP contribution in [-0.4, -0.2) is 15.0 Å². The number of benzene rings is 1. The molecule has 1 atom stereocenters. The summed E-state index contributed by atoms with van der Waals surface area (Å²) < 4.78 is 66.6. The lowest BCUT2D eigenvalue weighted by molar-refractivity contribution is -0.140. The molecule has 7 heteroatoms. The second kappa shape index (κ2) is 5.73. The van der Waals surface area contributed by atoms with E-state index in [9.17, 15) is 22.1 Å². The quantitative estimate of drug-likeness (QED) is 0.460.